The molecule has 0 bridgehead atoms. The van der Waals surface area contributed by atoms with Crippen LogP contribution < -0.4 is 24.8 Å². The van der Waals surface area contributed by atoms with Gasteiger partial charge in [-0.05, 0) is 41.8 Å². The van der Waals surface area contributed by atoms with Crippen molar-refractivity contribution >= 4 is 29.9 Å². The highest BCUT2D eigenvalue weighted by molar-refractivity contribution is 14.0. The predicted molar refractivity (Wildman–Crippen MR) is 113 cm³/mol. The Kier molecular flexibility index (Phi) is 7.83. The van der Waals surface area contributed by atoms with Crippen molar-refractivity contribution in [3.05, 3.63) is 53.6 Å². The van der Waals surface area contributed by atoms with Gasteiger partial charge in [-0.15, -0.1) is 24.0 Å². The highest BCUT2D eigenvalue weighted by Crippen LogP contribution is 2.32. The third-order valence-electron chi connectivity index (χ3n) is 3.99. The molecule has 0 radical (unpaired) electrons. The summed E-state index contributed by atoms with van der Waals surface area (Å²) in [6.07, 6.45) is 0.875. The van der Waals surface area contributed by atoms with Crippen molar-refractivity contribution in [3.8, 4) is 17.2 Å². The van der Waals surface area contributed by atoms with E-state index in [4.69, 9.17) is 14.2 Å². The lowest BCUT2D eigenvalue weighted by Gasteiger charge is -2.12. The first-order valence-electron chi connectivity index (χ1n) is 8.24. The molecule has 1 aliphatic rings. The van der Waals surface area contributed by atoms with E-state index in [1.807, 2.05) is 36.4 Å². The monoisotopic (exact) mass is 469 g/mol. The van der Waals surface area contributed by atoms with Gasteiger partial charge in [-0.2, -0.15) is 0 Å². The molecule has 0 atom stereocenters. The standard InChI is InChI=1S/C19H23N3O3.HI/c1-20-19(22-12-15-3-6-16(23-2)7-4-15)21-10-9-14-5-8-17-18(11-14)25-13-24-17;/h3-8,11H,9-10,12-13H2,1-2H3,(H2,20,21,22);1H. The minimum absolute atomic E-state index is 0. The smallest absolute Gasteiger partial charge is 0.231 e. The third kappa shape index (κ3) is 5.42. The molecular formula is C19H24IN3O3. The molecule has 1 aliphatic heterocycles. The van der Waals surface area contributed by atoms with Crippen LogP contribution in [0.4, 0.5) is 0 Å². The molecule has 0 spiro atoms. The van der Waals surface area contributed by atoms with E-state index >= 15 is 0 Å². The largest absolute Gasteiger partial charge is 0.497 e. The normalized spacial score (nSPS) is 12.3. The van der Waals surface area contributed by atoms with Crippen LogP contribution in [0.25, 0.3) is 0 Å². The van der Waals surface area contributed by atoms with Gasteiger partial charge in [0.15, 0.2) is 17.5 Å². The van der Waals surface area contributed by atoms with Crippen LogP contribution in [-0.2, 0) is 13.0 Å². The maximum atomic E-state index is 5.40. The molecule has 1 heterocycles. The molecule has 2 aromatic carbocycles. The van der Waals surface area contributed by atoms with Gasteiger partial charge in [0.05, 0.1) is 7.11 Å². The highest BCUT2D eigenvalue weighted by atomic mass is 127. The fraction of sp³-hybridized carbons (Fsp3) is 0.316. The summed E-state index contributed by atoms with van der Waals surface area (Å²) in [5, 5.41) is 6.63. The van der Waals surface area contributed by atoms with Crippen molar-refractivity contribution in [2.24, 2.45) is 4.99 Å². The van der Waals surface area contributed by atoms with Crippen molar-refractivity contribution in [2.45, 2.75) is 13.0 Å². The fourth-order valence-electron chi connectivity index (χ4n) is 2.57. The van der Waals surface area contributed by atoms with Crippen LogP contribution in [0.3, 0.4) is 0 Å². The molecule has 0 unspecified atom stereocenters. The van der Waals surface area contributed by atoms with Gasteiger partial charge in [0, 0.05) is 20.1 Å². The van der Waals surface area contributed by atoms with Crippen molar-refractivity contribution < 1.29 is 14.2 Å². The maximum Gasteiger partial charge on any atom is 0.231 e. The topological polar surface area (TPSA) is 64.1 Å². The number of aliphatic imine (C=N–C) groups is 1. The van der Waals surface area contributed by atoms with E-state index in [0.29, 0.717) is 13.3 Å². The minimum atomic E-state index is 0. The second-order valence-corrected chi connectivity index (χ2v) is 5.64. The predicted octanol–water partition coefficient (Wildman–Crippen LogP) is 2.95. The van der Waals surface area contributed by atoms with E-state index in [1.54, 1.807) is 14.2 Å². The van der Waals surface area contributed by atoms with Gasteiger partial charge in [0.2, 0.25) is 6.79 Å². The Morgan fingerprint density at radius 1 is 1.04 bits per heavy atom. The van der Waals surface area contributed by atoms with E-state index in [2.05, 4.69) is 21.7 Å². The van der Waals surface area contributed by atoms with Crippen LogP contribution >= 0.6 is 24.0 Å². The SMILES string of the molecule is CN=C(NCCc1ccc2c(c1)OCO2)NCc1ccc(OC)cc1.I. The van der Waals surface area contributed by atoms with Crippen molar-refractivity contribution in [3.63, 3.8) is 0 Å². The number of fused-ring (bicyclic) bond motifs is 1. The lowest BCUT2D eigenvalue weighted by atomic mass is 10.1. The Morgan fingerprint density at radius 2 is 1.77 bits per heavy atom. The molecule has 0 fully saturated rings. The van der Waals surface area contributed by atoms with Crippen LogP contribution in [-0.4, -0.2) is 33.5 Å². The molecule has 0 saturated carbocycles. The summed E-state index contributed by atoms with van der Waals surface area (Å²) in [4.78, 5) is 4.25. The van der Waals surface area contributed by atoms with E-state index < -0.39 is 0 Å². The minimum Gasteiger partial charge on any atom is -0.497 e. The summed E-state index contributed by atoms with van der Waals surface area (Å²) in [5.41, 5.74) is 2.36. The average molecular weight is 469 g/mol. The Morgan fingerprint density at radius 3 is 2.50 bits per heavy atom. The summed E-state index contributed by atoms with van der Waals surface area (Å²) in [7, 11) is 3.43. The molecule has 6 nitrogen and oxygen atoms in total. The lowest BCUT2D eigenvalue weighted by molar-refractivity contribution is 0.174. The number of methoxy groups -OCH3 is 1. The van der Waals surface area contributed by atoms with Gasteiger partial charge in [0.25, 0.3) is 0 Å². The second-order valence-electron chi connectivity index (χ2n) is 5.64. The Labute approximate surface area is 171 Å². The molecule has 0 aromatic heterocycles. The van der Waals surface area contributed by atoms with Gasteiger partial charge in [0.1, 0.15) is 5.75 Å². The van der Waals surface area contributed by atoms with Crippen LogP contribution in [0.1, 0.15) is 11.1 Å². The number of halogens is 1. The quantitative estimate of drug-likeness (QED) is 0.387. The Balaban J connectivity index is 0.00000243. The lowest BCUT2D eigenvalue weighted by Crippen LogP contribution is -2.37. The van der Waals surface area contributed by atoms with Crippen LogP contribution in [0.5, 0.6) is 17.2 Å². The summed E-state index contributed by atoms with van der Waals surface area (Å²) in [6, 6.07) is 14.0. The van der Waals surface area contributed by atoms with E-state index in [1.165, 1.54) is 11.1 Å². The van der Waals surface area contributed by atoms with Gasteiger partial charge >= 0.3 is 0 Å². The van der Waals surface area contributed by atoms with E-state index in [9.17, 15) is 0 Å². The van der Waals surface area contributed by atoms with Gasteiger partial charge in [-0.3, -0.25) is 4.99 Å². The zero-order valence-corrected chi connectivity index (χ0v) is 17.3. The molecule has 0 amide bonds. The number of nitrogens with zero attached hydrogens (tertiary/aromatic N) is 1. The van der Waals surface area contributed by atoms with Crippen LogP contribution in [0, 0.1) is 0 Å². The number of guanidine groups is 1. The number of hydrogen-bond donors (Lipinski definition) is 2. The zero-order valence-electron chi connectivity index (χ0n) is 15.0. The Hall–Kier alpha value is -2.16. The zero-order chi connectivity index (χ0) is 17.5. The third-order valence-corrected chi connectivity index (χ3v) is 3.99. The van der Waals surface area contributed by atoms with Gasteiger partial charge in [-0.1, -0.05) is 18.2 Å². The van der Waals surface area contributed by atoms with Crippen LogP contribution in [0.15, 0.2) is 47.5 Å². The second kappa shape index (κ2) is 10.1. The number of nitrogens with one attached hydrogen (secondary N) is 2. The molecule has 140 valence electrons. The van der Waals surface area contributed by atoms with Crippen molar-refractivity contribution in [1.82, 2.24) is 10.6 Å². The molecule has 3 rings (SSSR count). The molecule has 26 heavy (non-hydrogen) atoms. The van der Waals surface area contributed by atoms with Crippen LogP contribution in [0.2, 0.25) is 0 Å². The van der Waals surface area contributed by atoms with Crippen molar-refractivity contribution in [2.75, 3.05) is 27.5 Å². The Bertz CT molecular complexity index is 735. The molecule has 0 aliphatic carbocycles. The first-order chi connectivity index (χ1) is 12.3. The maximum absolute atomic E-state index is 5.40. The average Bonchev–Trinajstić information content (AvgIpc) is 3.12. The highest BCUT2D eigenvalue weighted by Gasteiger charge is 2.12. The summed E-state index contributed by atoms with van der Waals surface area (Å²) < 4.78 is 15.9. The van der Waals surface area contributed by atoms with Gasteiger partial charge < -0.3 is 24.8 Å². The number of hydrogen-bond acceptors (Lipinski definition) is 4. The molecule has 2 aromatic rings. The first-order valence-corrected chi connectivity index (χ1v) is 8.24. The molecular weight excluding hydrogens is 445 g/mol. The fourth-order valence-corrected chi connectivity index (χ4v) is 2.57. The van der Waals surface area contributed by atoms with E-state index in [-0.39, 0.29) is 24.0 Å². The summed E-state index contributed by atoms with van der Waals surface area (Å²) >= 11 is 0. The number of rotatable bonds is 6. The summed E-state index contributed by atoms with van der Waals surface area (Å²) in [5.74, 6) is 3.26. The van der Waals surface area contributed by atoms with Crippen molar-refractivity contribution in [1.29, 1.82) is 0 Å². The van der Waals surface area contributed by atoms with Gasteiger partial charge in [-0.25, -0.2) is 0 Å². The molecule has 7 heteroatoms. The molecule has 2 N–H and O–H groups in total. The number of ether oxygens (including phenoxy) is 3. The summed E-state index contributed by atoms with van der Waals surface area (Å²) in [6.45, 7) is 1.79. The first kappa shape index (κ1) is 20.2. The molecule has 0 saturated heterocycles. The van der Waals surface area contributed by atoms with E-state index in [0.717, 1.165) is 36.2 Å². The number of benzene rings is 2.